The van der Waals surface area contributed by atoms with Crippen LogP contribution < -0.4 is 10.1 Å². The van der Waals surface area contributed by atoms with Crippen molar-refractivity contribution in [3.63, 3.8) is 0 Å². The molecule has 0 bridgehead atoms. The smallest absolute Gasteiger partial charge is 0.220 e. The van der Waals surface area contributed by atoms with Gasteiger partial charge in [-0.05, 0) is 18.6 Å². The molecule has 0 aliphatic carbocycles. The topological polar surface area (TPSA) is 58.6 Å². The number of allylic oxidation sites excluding steroid dienone is 1. The molecule has 0 heterocycles. The molecule has 2 N–H and O–H groups in total. The van der Waals surface area contributed by atoms with Gasteiger partial charge in [0.1, 0.15) is 23.5 Å². The Morgan fingerprint density at radius 3 is 2.95 bits per heavy atom. The van der Waals surface area contributed by atoms with Gasteiger partial charge < -0.3 is 15.2 Å². The van der Waals surface area contributed by atoms with Crippen molar-refractivity contribution in [1.82, 2.24) is 5.32 Å². The van der Waals surface area contributed by atoms with Crippen LogP contribution in [0.5, 0.6) is 5.75 Å². The second-order valence-electron chi connectivity index (χ2n) is 4.15. The van der Waals surface area contributed by atoms with Gasteiger partial charge in [-0.25, -0.2) is 0 Å². The maximum Gasteiger partial charge on any atom is 0.220 e. The van der Waals surface area contributed by atoms with E-state index in [-0.39, 0.29) is 19.1 Å². The van der Waals surface area contributed by atoms with Crippen LogP contribution in [0.15, 0.2) is 30.9 Å². The fraction of sp³-hybridized carbons (Fsp3) is 0.357. The Kier molecular flexibility index (Phi) is 7.44. The second-order valence-corrected chi connectivity index (χ2v) is 4.93. The molecule has 0 fully saturated rings. The van der Waals surface area contributed by atoms with Crippen molar-refractivity contribution in [2.75, 3.05) is 13.2 Å². The lowest BCUT2D eigenvalue weighted by Gasteiger charge is -2.14. The molecule has 0 aromatic heterocycles. The molecule has 1 atom stereocenters. The maximum atomic E-state index is 11.3. The SMILES string of the molecule is C=CCCC(=O)NCC(O)COc1cccc(Cl)c1Cl. The van der Waals surface area contributed by atoms with Crippen LogP contribution in [-0.4, -0.2) is 30.3 Å². The summed E-state index contributed by atoms with van der Waals surface area (Å²) in [7, 11) is 0. The van der Waals surface area contributed by atoms with Crippen LogP contribution >= 0.6 is 23.2 Å². The van der Waals surface area contributed by atoms with E-state index in [0.29, 0.717) is 28.6 Å². The number of ether oxygens (including phenoxy) is 1. The van der Waals surface area contributed by atoms with Crippen molar-refractivity contribution in [1.29, 1.82) is 0 Å². The molecule has 20 heavy (non-hydrogen) atoms. The van der Waals surface area contributed by atoms with Crippen molar-refractivity contribution in [3.05, 3.63) is 40.9 Å². The van der Waals surface area contributed by atoms with Crippen LogP contribution in [0.4, 0.5) is 0 Å². The van der Waals surface area contributed by atoms with Gasteiger partial charge in [0, 0.05) is 13.0 Å². The molecule has 0 spiro atoms. The van der Waals surface area contributed by atoms with Gasteiger partial charge in [-0.2, -0.15) is 0 Å². The average Bonchev–Trinajstić information content (AvgIpc) is 2.44. The monoisotopic (exact) mass is 317 g/mol. The highest BCUT2D eigenvalue weighted by molar-refractivity contribution is 6.42. The summed E-state index contributed by atoms with van der Waals surface area (Å²) in [5, 5.41) is 13.0. The lowest BCUT2D eigenvalue weighted by molar-refractivity contribution is -0.121. The van der Waals surface area contributed by atoms with Crippen LogP contribution in [0.3, 0.4) is 0 Å². The van der Waals surface area contributed by atoms with Gasteiger partial charge in [-0.15, -0.1) is 6.58 Å². The minimum absolute atomic E-state index is 0.0157. The zero-order valence-electron chi connectivity index (χ0n) is 10.9. The van der Waals surface area contributed by atoms with Gasteiger partial charge in [0.05, 0.1) is 5.02 Å². The summed E-state index contributed by atoms with van der Waals surface area (Å²) in [5.41, 5.74) is 0. The minimum Gasteiger partial charge on any atom is -0.489 e. The Morgan fingerprint density at radius 2 is 2.25 bits per heavy atom. The Bertz CT molecular complexity index is 466. The Labute approximate surface area is 128 Å². The first-order chi connectivity index (χ1) is 9.54. The van der Waals surface area contributed by atoms with E-state index >= 15 is 0 Å². The van der Waals surface area contributed by atoms with E-state index in [0.717, 1.165) is 0 Å². The summed E-state index contributed by atoms with van der Waals surface area (Å²) in [4.78, 5) is 11.3. The van der Waals surface area contributed by atoms with E-state index < -0.39 is 6.10 Å². The molecule has 110 valence electrons. The van der Waals surface area contributed by atoms with E-state index in [1.165, 1.54) is 0 Å². The molecular formula is C14H17Cl2NO3. The van der Waals surface area contributed by atoms with Crippen molar-refractivity contribution in [2.24, 2.45) is 0 Å². The van der Waals surface area contributed by atoms with Crippen LogP contribution in [-0.2, 0) is 4.79 Å². The highest BCUT2D eigenvalue weighted by atomic mass is 35.5. The summed E-state index contributed by atoms with van der Waals surface area (Å²) in [6.07, 6.45) is 1.81. The minimum atomic E-state index is -0.822. The van der Waals surface area contributed by atoms with Gasteiger partial charge in [-0.3, -0.25) is 4.79 Å². The van der Waals surface area contributed by atoms with Gasteiger partial charge in [-0.1, -0.05) is 35.3 Å². The van der Waals surface area contributed by atoms with E-state index in [2.05, 4.69) is 11.9 Å². The lowest BCUT2D eigenvalue weighted by atomic mass is 10.3. The highest BCUT2D eigenvalue weighted by Crippen LogP contribution is 2.31. The normalized spacial score (nSPS) is 11.8. The van der Waals surface area contributed by atoms with Crippen LogP contribution in [0.1, 0.15) is 12.8 Å². The number of halogens is 2. The summed E-state index contributed by atoms with van der Waals surface area (Å²) < 4.78 is 5.36. The molecule has 1 amide bonds. The molecule has 1 rings (SSSR count). The maximum absolute atomic E-state index is 11.3. The second kappa shape index (κ2) is 8.84. The van der Waals surface area contributed by atoms with E-state index in [9.17, 15) is 9.90 Å². The number of nitrogens with one attached hydrogen (secondary N) is 1. The summed E-state index contributed by atoms with van der Waals surface area (Å²) in [5.74, 6) is 0.265. The molecule has 0 aliphatic rings. The van der Waals surface area contributed by atoms with E-state index in [1.807, 2.05) is 0 Å². The number of carbonyl (C=O) groups excluding carboxylic acids is 1. The molecule has 0 radical (unpaired) electrons. The predicted molar refractivity (Wildman–Crippen MR) is 80.4 cm³/mol. The summed E-state index contributed by atoms with van der Waals surface area (Å²) in [6, 6.07) is 5.00. The quantitative estimate of drug-likeness (QED) is 0.725. The van der Waals surface area contributed by atoms with E-state index in [1.54, 1.807) is 24.3 Å². The predicted octanol–water partition coefficient (Wildman–Crippen LogP) is 2.82. The third-order valence-electron chi connectivity index (χ3n) is 2.46. The van der Waals surface area contributed by atoms with Crippen molar-refractivity contribution in [2.45, 2.75) is 18.9 Å². The summed E-state index contributed by atoms with van der Waals surface area (Å²) in [6.45, 7) is 3.67. The molecular weight excluding hydrogens is 301 g/mol. The first-order valence-corrected chi connectivity index (χ1v) is 6.92. The third-order valence-corrected chi connectivity index (χ3v) is 3.26. The largest absolute Gasteiger partial charge is 0.489 e. The third kappa shape index (κ3) is 5.82. The van der Waals surface area contributed by atoms with Gasteiger partial charge >= 0.3 is 0 Å². The van der Waals surface area contributed by atoms with Gasteiger partial charge in [0.2, 0.25) is 5.91 Å². The zero-order chi connectivity index (χ0) is 15.0. The highest BCUT2D eigenvalue weighted by Gasteiger charge is 2.10. The Morgan fingerprint density at radius 1 is 1.50 bits per heavy atom. The molecule has 0 saturated heterocycles. The molecule has 0 saturated carbocycles. The fourth-order valence-corrected chi connectivity index (χ4v) is 1.74. The molecule has 6 heteroatoms. The lowest BCUT2D eigenvalue weighted by Crippen LogP contribution is -2.35. The molecule has 1 aromatic rings. The number of benzene rings is 1. The standard InChI is InChI=1S/C14H17Cl2NO3/c1-2-3-7-13(19)17-8-10(18)9-20-12-6-4-5-11(15)14(12)16/h2,4-6,10,18H,1,3,7-9H2,(H,17,19). The number of amides is 1. The Hall–Kier alpha value is -1.23. The first kappa shape index (κ1) is 16.8. The fourth-order valence-electron chi connectivity index (χ4n) is 1.39. The van der Waals surface area contributed by atoms with Crippen LogP contribution in [0, 0.1) is 0 Å². The molecule has 4 nitrogen and oxygen atoms in total. The van der Waals surface area contributed by atoms with Crippen LogP contribution in [0.25, 0.3) is 0 Å². The number of aliphatic hydroxyl groups is 1. The zero-order valence-corrected chi connectivity index (χ0v) is 12.5. The number of hydrogen-bond donors (Lipinski definition) is 2. The average molecular weight is 318 g/mol. The number of aliphatic hydroxyl groups excluding tert-OH is 1. The van der Waals surface area contributed by atoms with Crippen molar-refractivity contribution in [3.8, 4) is 5.75 Å². The summed E-state index contributed by atoms with van der Waals surface area (Å²) >= 11 is 11.8. The first-order valence-electron chi connectivity index (χ1n) is 6.17. The van der Waals surface area contributed by atoms with Gasteiger partial charge in [0.15, 0.2) is 0 Å². The van der Waals surface area contributed by atoms with Crippen molar-refractivity contribution < 1.29 is 14.6 Å². The number of rotatable bonds is 8. The van der Waals surface area contributed by atoms with E-state index in [4.69, 9.17) is 27.9 Å². The number of carbonyl (C=O) groups is 1. The Balaban J connectivity index is 2.32. The molecule has 1 unspecified atom stereocenters. The number of hydrogen-bond acceptors (Lipinski definition) is 3. The van der Waals surface area contributed by atoms with Crippen LogP contribution in [0.2, 0.25) is 10.0 Å². The van der Waals surface area contributed by atoms with Gasteiger partial charge in [0.25, 0.3) is 0 Å². The molecule has 1 aromatic carbocycles. The molecule has 0 aliphatic heterocycles. The van der Waals surface area contributed by atoms with Crippen molar-refractivity contribution >= 4 is 29.1 Å².